The SMILES string of the molecule is COc1ccc(-c2oc(-c3ccc(OC)c(OC(=O)CNC(=O)OC(C)(C)C)c3)c(C)c2C)cc1OC(=O)CNC(=O)OC(C)(C)C. The third-order valence-corrected chi connectivity index (χ3v) is 6.30. The number of carbonyl (C=O) groups excluding carboxylic acids is 4. The first-order valence-corrected chi connectivity index (χ1v) is 14.7. The van der Waals surface area contributed by atoms with E-state index >= 15 is 0 Å². The fourth-order valence-corrected chi connectivity index (χ4v) is 4.18. The smallest absolute Gasteiger partial charge is 0.408 e. The van der Waals surface area contributed by atoms with Gasteiger partial charge in [-0.3, -0.25) is 0 Å². The van der Waals surface area contributed by atoms with Crippen LogP contribution in [0.5, 0.6) is 23.0 Å². The lowest BCUT2D eigenvalue weighted by Crippen LogP contribution is -2.36. The Hall–Kier alpha value is -5.20. The van der Waals surface area contributed by atoms with Crippen molar-refractivity contribution in [3.8, 4) is 45.6 Å². The van der Waals surface area contributed by atoms with Gasteiger partial charge >= 0.3 is 24.1 Å². The monoisotopic (exact) mass is 654 g/mol. The summed E-state index contributed by atoms with van der Waals surface area (Å²) in [4.78, 5) is 49.0. The third-order valence-electron chi connectivity index (χ3n) is 6.30. The Morgan fingerprint density at radius 3 is 1.30 bits per heavy atom. The summed E-state index contributed by atoms with van der Waals surface area (Å²) in [5, 5.41) is 4.73. The Morgan fingerprint density at radius 1 is 0.617 bits per heavy atom. The van der Waals surface area contributed by atoms with Crippen molar-refractivity contribution in [2.75, 3.05) is 27.3 Å². The van der Waals surface area contributed by atoms with Crippen molar-refractivity contribution in [2.24, 2.45) is 0 Å². The van der Waals surface area contributed by atoms with Crippen molar-refractivity contribution in [1.82, 2.24) is 10.6 Å². The van der Waals surface area contributed by atoms with Crippen LogP contribution in [0.25, 0.3) is 22.6 Å². The average molecular weight is 655 g/mol. The molecule has 254 valence electrons. The van der Waals surface area contributed by atoms with Gasteiger partial charge in [-0.2, -0.15) is 0 Å². The maximum atomic E-state index is 12.6. The van der Waals surface area contributed by atoms with Crippen LogP contribution in [0.1, 0.15) is 52.7 Å². The summed E-state index contributed by atoms with van der Waals surface area (Å²) in [5.74, 6) is 0.359. The molecule has 0 fully saturated rings. The zero-order valence-corrected chi connectivity index (χ0v) is 28.4. The molecule has 1 heterocycles. The van der Waals surface area contributed by atoms with E-state index in [0.717, 1.165) is 11.1 Å². The van der Waals surface area contributed by atoms with Crippen LogP contribution in [-0.2, 0) is 19.1 Å². The van der Waals surface area contributed by atoms with E-state index in [9.17, 15) is 19.2 Å². The molecule has 0 aliphatic heterocycles. The lowest BCUT2D eigenvalue weighted by Gasteiger charge is -2.19. The molecule has 0 saturated carbocycles. The second-order valence-corrected chi connectivity index (χ2v) is 12.4. The van der Waals surface area contributed by atoms with Crippen LogP contribution in [0, 0.1) is 13.8 Å². The molecule has 0 spiro atoms. The van der Waals surface area contributed by atoms with E-state index in [0.29, 0.717) is 34.1 Å². The molecule has 0 aliphatic rings. The second kappa shape index (κ2) is 14.9. The normalized spacial score (nSPS) is 11.3. The highest BCUT2D eigenvalue weighted by Crippen LogP contribution is 2.41. The third kappa shape index (κ3) is 10.4. The van der Waals surface area contributed by atoms with E-state index in [4.69, 9.17) is 32.8 Å². The van der Waals surface area contributed by atoms with Gasteiger partial charge < -0.3 is 43.5 Å². The molecule has 1 aromatic heterocycles. The van der Waals surface area contributed by atoms with Gasteiger partial charge in [0, 0.05) is 11.1 Å². The Morgan fingerprint density at radius 2 is 0.979 bits per heavy atom. The van der Waals surface area contributed by atoms with Crippen molar-refractivity contribution in [1.29, 1.82) is 0 Å². The Balaban J connectivity index is 1.83. The summed E-state index contributed by atoms with van der Waals surface area (Å²) in [6, 6.07) is 9.96. The summed E-state index contributed by atoms with van der Waals surface area (Å²) >= 11 is 0. The quantitative estimate of drug-likeness (QED) is 0.192. The Labute approximate surface area is 273 Å². The highest BCUT2D eigenvalue weighted by Gasteiger charge is 2.23. The molecule has 0 radical (unpaired) electrons. The molecule has 2 aromatic carbocycles. The fraction of sp³-hybridized carbons (Fsp3) is 0.412. The molecule has 0 unspecified atom stereocenters. The minimum absolute atomic E-state index is 0.120. The molecule has 2 N–H and O–H groups in total. The van der Waals surface area contributed by atoms with Gasteiger partial charge in [-0.1, -0.05) is 0 Å². The van der Waals surface area contributed by atoms with Crippen LogP contribution < -0.4 is 29.6 Å². The van der Waals surface area contributed by atoms with Crippen LogP contribution in [0.15, 0.2) is 40.8 Å². The first-order valence-electron chi connectivity index (χ1n) is 14.7. The van der Waals surface area contributed by atoms with Crippen molar-refractivity contribution >= 4 is 24.1 Å². The summed E-state index contributed by atoms with van der Waals surface area (Å²) in [6.07, 6.45) is -1.50. The number of amides is 2. The molecule has 3 rings (SSSR count). The number of hydrogen-bond acceptors (Lipinski definition) is 11. The standard InChI is InChI=1S/C34H42N2O11/c1-19-20(2)30(22-12-14-24(42-10)26(16-22)44-28(38)18-36-32(40)47-34(6,7)8)45-29(19)21-11-13-23(41-9)25(15-21)43-27(37)17-35-31(39)46-33(3,4)5/h11-16H,17-18H2,1-10H3,(H,35,39)(H,36,40). The zero-order chi connectivity index (χ0) is 35.1. The molecule has 47 heavy (non-hydrogen) atoms. The van der Waals surface area contributed by atoms with Crippen LogP contribution in [0.4, 0.5) is 9.59 Å². The Kier molecular flexibility index (Phi) is 11.5. The number of rotatable bonds is 10. The van der Waals surface area contributed by atoms with Gasteiger partial charge in [-0.15, -0.1) is 0 Å². The molecular weight excluding hydrogens is 612 g/mol. The zero-order valence-electron chi connectivity index (χ0n) is 28.4. The first-order chi connectivity index (χ1) is 21.9. The fourth-order valence-electron chi connectivity index (χ4n) is 4.18. The molecule has 0 atom stereocenters. The summed E-state index contributed by atoms with van der Waals surface area (Å²) in [7, 11) is 2.88. The molecule has 3 aromatic rings. The number of nitrogens with one attached hydrogen (secondary N) is 2. The van der Waals surface area contributed by atoms with Gasteiger partial charge in [0.25, 0.3) is 0 Å². The summed E-state index contributed by atoms with van der Waals surface area (Å²) < 4.78 is 38.4. The van der Waals surface area contributed by atoms with E-state index in [1.807, 2.05) is 13.8 Å². The molecule has 0 bridgehead atoms. The lowest BCUT2D eigenvalue weighted by atomic mass is 10.0. The Bertz CT molecular complexity index is 1510. The van der Waals surface area contributed by atoms with E-state index in [-0.39, 0.29) is 11.5 Å². The van der Waals surface area contributed by atoms with Gasteiger partial charge in [-0.05, 0) is 103 Å². The van der Waals surface area contributed by atoms with Gasteiger partial charge in [0.15, 0.2) is 23.0 Å². The number of carbonyl (C=O) groups is 4. The van der Waals surface area contributed by atoms with Crippen molar-refractivity contribution < 1.29 is 52.0 Å². The molecule has 13 heteroatoms. The minimum Gasteiger partial charge on any atom is -0.493 e. The van der Waals surface area contributed by atoms with E-state index in [1.165, 1.54) is 14.2 Å². The van der Waals surface area contributed by atoms with Crippen molar-refractivity contribution in [3.63, 3.8) is 0 Å². The largest absolute Gasteiger partial charge is 0.493 e. The van der Waals surface area contributed by atoms with Gasteiger partial charge in [0.1, 0.15) is 35.8 Å². The first kappa shape index (κ1) is 36.3. The second-order valence-electron chi connectivity index (χ2n) is 12.4. The summed E-state index contributed by atoms with van der Waals surface area (Å²) in [6.45, 7) is 13.2. The predicted molar refractivity (Wildman–Crippen MR) is 172 cm³/mol. The van der Waals surface area contributed by atoms with Crippen molar-refractivity contribution in [2.45, 2.75) is 66.6 Å². The number of alkyl carbamates (subject to hydrolysis) is 2. The van der Waals surface area contributed by atoms with E-state index in [2.05, 4.69) is 10.6 Å². The molecule has 0 saturated heterocycles. The van der Waals surface area contributed by atoms with E-state index < -0.39 is 48.4 Å². The van der Waals surface area contributed by atoms with Crippen LogP contribution in [-0.4, -0.2) is 62.6 Å². The average Bonchev–Trinajstić information content (AvgIpc) is 3.27. The number of furan rings is 1. The number of benzene rings is 2. The lowest BCUT2D eigenvalue weighted by molar-refractivity contribution is -0.134. The number of ether oxygens (including phenoxy) is 6. The molecule has 13 nitrogen and oxygen atoms in total. The number of esters is 2. The molecular formula is C34H42N2O11. The van der Waals surface area contributed by atoms with Crippen LogP contribution in [0.2, 0.25) is 0 Å². The maximum Gasteiger partial charge on any atom is 0.408 e. The van der Waals surface area contributed by atoms with Crippen molar-refractivity contribution in [3.05, 3.63) is 47.5 Å². The highest BCUT2D eigenvalue weighted by molar-refractivity contribution is 5.82. The minimum atomic E-state index is -0.752. The van der Waals surface area contributed by atoms with Crippen LogP contribution in [0.3, 0.4) is 0 Å². The van der Waals surface area contributed by atoms with Crippen LogP contribution >= 0.6 is 0 Å². The van der Waals surface area contributed by atoms with Gasteiger partial charge in [0.2, 0.25) is 0 Å². The predicted octanol–water partition coefficient (Wildman–Crippen LogP) is 6.11. The highest BCUT2D eigenvalue weighted by atomic mass is 16.6. The van der Waals surface area contributed by atoms with Gasteiger partial charge in [0.05, 0.1) is 14.2 Å². The van der Waals surface area contributed by atoms with E-state index in [1.54, 1.807) is 77.9 Å². The van der Waals surface area contributed by atoms with Gasteiger partial charge in [-0.25, -0.2) is 19.2 Å². The molecule has 2 amide bonds. The summed E-state index contributed by atoms with van der Waals surface area (Å²) in [5.41, 5.74) is 1.36. The number of methoxy groups -OCH3 is 2. The number of hydrogen-bond donors (Lipinski definition) is 2. The molecule has 0 aliphatic carbocycles. The topological polar surface area (TPSA) is 161 Å². The maximum absolute atomic E-state index is 12.6.